The monoisotopic (exact) mass is 338 g/mol. The minimum absolute atomic E-state index is 0.208. The third-order valence-corrected chi connectivity index (χ3v) is 4.09. The van der Waals surface area contributed by atoms with Crippen molar-refractivity contribution in [1.82, 2.24) is 19.4 Å². The van der Waals surface area contributed by atoms with Crippen molar-refractivity contribution in [2.45, 2.75) is 19.5 Å². The van der Waals surface area contributed by atoms with Crippen LogP contribution in [0.1, 0.15) is 18.5 Å². The van der Waals surface area contributed by atoms with Gasteiger partial charge >= 0.3 is 11.1 Å². The average molecular weight is 338 g/mol. The zero-order valence-corrected chi connectivity index (χ0v) is 14.0. The molecule has 7 heteroatoms. The molecule has 0 aliphatic heterocycles. The normalized spacial score (nSPS) is 12.1. The maximum absolute atomic E-state index is 12.4. The van der Waals surface area contributed by atoms with Crippen molar-refractivity contribution in [3.63, 3.8) is 0 Å². The van der Waals surface area contributed by atoms with Gasteiger partial charge in [0, 0.05) is 13.2 Å². The lowest BCUT2D eigenvalue weighted by Crippen LogP contribution is -2.43. The van der Waals surface area contributed by atoms with Crippen LogP contribution in [-0.4, -0.2) is 20.0 Å². The summed E-state index contributed by atoms with van der Waals surface area (Å²) in [6.07, 6.45) is 1.54. The van der Waals surface area contributed by atoms with Gasteiger partial charge in [-0.3, -0.25) is 23.5 Å². The van der Waals surface area contributed by atoms with E-state index >= 15 is 0 Å². The molecule has 128 valence electrons. The van der Waals surface area contributed by atoms with Gasteiger partial charge in [0.05, 0.1) is 11.6 Å². The van der Waals surface area contributed by atoms with E-state index in [9.17, 15) is 14.4 Å². The van der Waals surface area contributed by atoms with Crippen LogP contribution >= 0.6 is 0 Å². The van der Waals surface area contributed by atoms with Crippen molar-refractivity contribution >= 4 is 17.1 Å². The van der Waals surface area contributed by atoms with Crippen molar-refractivity contribution in [2.75, 3.05) is 0 Å². The first kappa shape index (κ1) is 16.6. The molecule has 0 unspecified atom stereocenters. The van der Waals surface area contributed by atoms with E-state index in [4.69, 9.17) is 0 Å². The van der Waals surface area contributed by atoms with Crippen molar-refractivity contribution in [3.05, 3.63) is 74.9 Å². The lowest BCUT2D eigenvalue weighted by molar-refractivity contribution is -0.122. The lowest BCUT2D eigenvalue weighted by atomic mass is 10.1. The van der Waals surface area contributed by atoms with E-state index < -0.39 is 11.1 Å². The Bertz CT molecular complexity index is 1040. The van der Waals surface area contributed by atoms with E-state index in [1.165, 1.54) is 17.8 Å². The molecule has 0 saturated heterocycles. The highest BCUT2D eigenvalue weighted by Gasteiger charge is 2.15. The summed E-state index contributed by atoms with van der Waals surface area (Å²) in [5.41, 5.74) is 0.299. The van der Waals surface area contributed by atoms with Gasteiger partial charge in [0.1, 0.15) is 6.54 Å². The van der Waals surface area contributed by atoms with Gasteiger partial charge in [-0.1, -0.05) is 30.3 Å². The van der Waals surface area contributed by atoms with Gasteiger partial charge in [0.15, 0.2) is 5.65 Å². The number of benzene rings is 1. The fraction of sp³-hybridized carbons (Fsp3) is 0.222. The molecule has 25 heavy (non-hydrogen) atoms. The van der Waals surface area contributed by atoms with Gasteiger partial charge in [-0.25, -0.2) is 4.98 Å². The molecule has 3 rings (SSSR count). The third-order valence-electron chi connectivity index (χ3n) is 4.09. The Morgan fingerprint density at radius 1 is 1.12 bits per heavy atom. The molecule has 3 aromatic rings. The number of pyridine rings is 1. The smallest absolute Gasteiger partial charge is 0.317 e. The van der Waals surface area contributed by atoms with E-state index in [-0.39, 0.29) is 18.5 Å². The van der Waals surface area contributed by atoms with Gasteiger partial charge in [-0.2, -0.15) is 0 Å². The number of nitrogens with one attached hydrogen (secondary N) is 1. The predicted molar refractivity (Wildman–Crippen MR) is 94.2 cm³/mol. The predicted octanol–water partition coefficient (Wildman–Crippen LogP) is 0.973. The molecule has 1 atom stereocenters. The van der Waals surface area contributed by atoms with Crippen LogP contribution in [0.5, 0.6) is 0 Å². The summed E-state index contributed by atoms with van der Waals surface area (Å²) < 4.78 is 2.36. The molecule has 0 aliphatic carbocycles. The second-order valence-corrected chi connectivity index (χ2v) is 5.80. The average Bonchev–Trinajstić information content (AvgIpc) is 2.64. The molecule has 2 heterocycles. The highest BCUT2D eigenvalue weighted by atomic mass is 16.2. The van der Waals surface area contributed by atoms with Crippen LogP contribution in [0.2, 0.25) is 0 Å². The maximum Gasteiger partial charge on any atom is 0.317 e. The Balaban J connectivity index is 1.92. The molecule has 0 saturated carbocycles. The van der Waals surface area contributed by atoms with Crippen LogP contribution in [0.3, 0.4) is 0 Å². The Kier molecular flexibility index (Phi) is 4.47. The van der Waals surface area contributed by atoms with Crippen molar-refractivity contribution in [1.29, 1.82) is 0 Å². The molecular weight excluding hydrogens is 320 g/mol. The van der Waals surface area contributed by atoms with Crippen molar-refractivity contribution in [2.24, 2.45) is 7.05 Å². The van der Waals surface area contributed by atoms with Gasteiger partial charge < -0.3 is 5.32 Å². The van der Waals surface area contributed by atoms with E-state index in [0.717, 1.165) is 10.1 Å². The molecule has 1 aromatic carbocycles. The molecule has 0 spiro atoms. The maximum atomic E-state index is 12.4. The van der Waals surface area contributed by atoms with E-state index in [1.54, 1.807) is 12.1 Å². The fourth-order valence-electron chi connectivity index (χ4n) is 2.73. The van der Waals surface area contributed by atoms with Crippen molar-refractivity contribution < 1.29 is 4.79 Å². The molecule has 1 N–H and O–H groups in total. The SMILES string of the molecule is C[C@H](NC(=O)Cn1c(=O)c(=O)n(C)c2ncccc21)c1ccccc1. The van der Waals surface area contributed by atoms with E-state index in [0.29, 0.717) is 11.2 Å². The number of fused-ring (bicyclic) bond motifs is 1. The topological polar surface area (TPSA) is 86.0 Å². The Morgan fingerprint density at radius 2 is 1.84 bits per heavy atom. The zero-order valence-electron chi connectivity index (χ0n) is 14.0. The highest BCUT2D eigenvalue weighted by Crippen LogP contribution is 2.11. The number of carbonyl (C=O) groups is 1. The second-order valence-electron chi connectivity index (χ2n) is 5.80. The largest absolute Gasteiger partial charge is 0.348 e. The number of amides is 1. The molecule has 1 amide bonds. The molecule has 0 fully saturated rings. The van der Waals surface area contributed by atoms with Gasteiger partial charge in [0.2, 0.25) is 5.91 Å². The first-order valence-electron chi connectivity index (χ1n) is 7.88. The summed E-state index contributed by atoms with van der Waals surface area (Å²) in [5, 5.41) is 2.84. The molecule has 0 radical (unpaired) electrons. The Hall–Kier alpha value is -3.22. The number of carbonyl (C=O) groups excluding carboxylic acids is 1. The number of nitrogens with zero attached hydrogens (tertiary/aromatic N) is 3. The highest BCUT2D eigenvalue weighted by molar-refractivity contribution is 5.79. The van der Waals surface area contributed by atoms with Gasteiger partial charge in [-0.15, -0.1) is 0 Å². The van der Waals surface area contributed by atoms with Crippen LogP contribution < -0.4 is 16.4 Å². The second kappa shape index (κ2) is 6.72. The first-order valence-corrected chi connectivity index (χ1v) is 7.88. The molecule has 2 aromatic heterocycles. The standard InChI is InChI=1S/C18H18N4O3/c1-12(13-7-4-3-5-8-13)20-15(23)11-22-14-9-6-10-19-16(14)21(2)17(24)18(22)25/h3-10,12H,11H2,1-2H3,(H,20,23)/t12-/m0/s1. The van der Waals surface area contributed by atoms with Gasteiger partial charge in [0.25, 0.3) is 0 Å². The number of hydrogen-bond acceptors (Lipinski definition) is 4. The molecule has 0 bridgehead atoms. The molecular formula is C18H18N4O3. The summed E-state index contributed by atoms with van der Waals surface area (Å²) in [6, 6.07) is 12.6. The minimum atomic E-state index is -0.745. The number of aromatic nitrogens is 3. The Labute approximate surface area is 143 Å². The number of aryl methyl sites for hydroxylation is 1. The summed E-state index contributed by atoms with van der Waals surface area (Å²) in [6.45, 7) is 1.62. The first-order chi connectivity index (χ1) is 12.0. The lowest BCUT2D eigenvalue weighted by Gasteiger charge is -2.16. The van der Waals surface area contributed by atoms with Crippen molar-refractivity contribution in [3.8, 4) is 0 Å². The third kappa shape index (κ3) is 3.21. The van der Waals surface area contributed by atoms with Crippen LogP contribution in [0.15, 0.2) is 58.3 Å². The van der Waals surface area contributed by atoms with Gasteiger partial charge in [-0.05, 0) is 24.6 Å². The Morgan fingerprint density at radius 3 is 2.56 bits per heavy atom. The summed E-state index contributed by atoms with van der Waals surface area (Å²) in [7, 11) is 1.49. The van der Waals surface area contributed by atoms with Crippen LogP contribution in [0.4, 0.5) is 0 Å². The summed E-state index contributed by atoms with van der Waals surface area (Å²) >= 11 is 0. The number of rotatable bonds is 4. The zero-order chi connectivity index (χ0) is 18.0. The van der Waals surface area contributed by atoms with Crippen LogP contribution in [-0.2, 0) is 18.4 Å². The molecule has 7 nitrogen and oxygen atoms in total. The van der Waals surface area contributed by atoms with E-state index in [1.807, 2.05) is 37.3 Å². The number of hydrogen-bond donors (Lipinski definition) is 1. The quantitative estimate of drug-likeness (QED) is 0.718. The molecule has 0 aliphatic rings. The minimum Gasteiger partial charge on any atom is -0.348 e. The van der Waals surface area contributed by atoms with Crippen LogP contribution in [0, 0.1) is 0 Å². The fourth-order valence-corrected chi connectivity index (χ4v) is 2.73. The summed E-state index contributed by atoms with van der Waals surface area (Å²) in [5.74, 6) is -0.350. The van der Waals surface area contributed by atoms with Crippen LogP contribution in [0.25, 0.3) is 11.2 Å². The van der Waals surface area contributed by atoms with E-state index in [2.05, 4.69) is 10.3 Å². The summed E-state index contributed by atoms with van der Waals surface area (Å²) in [4.78, 5) is 40.9.